The van der Waals surface area contributed by atoms with E-state index in [9.17, 15) is 0 Å². The number of fused-ring (bicyclic) bond motifs is 2. The summed E-state index contributed by atoms with van der Waals surface area (Å²) in [5, 5.41) is 0. The molecule has 0 N–H and O–H groups in total. The van der Waals surface area contributed by atoms with Gasteiger partial charge in [0.1, 0.15) is 0 Å². The van der Waals surface area contributed by atoms with Crippen molar-refractivity contribution in [2.75, 3.05) is 0 Å². The van der Waals surface area contributed by atoms with Gasteiger partial charge in [0, 0.05) is 23.0 Å². The molecule has 0 saturated heterocycles. The normalized spacial score (nSPS) is 21.3. The summed E-state index contributed by atoms with van der Waals surface area (Å²) in [6.45, 7) is 0. The van der Waals surface area contributed by atoms with Gasteiger partial charge in [-0.1, -0.05) is 95.6 Å². The Bertz CT molecular complexity index is 944. The Labute approximate surface area is 211 Å². The Kier molecular flexibility index (Phi) is 6.57. The third-order valence-corrected chi connectivity index (χ3v) is 16.7. The fourth-order valence-electron chi connectivity index (χ4n) is 3.32. The summed E-state index contributed by atoms with van der Waals surface area (Å²) in [4.78, 5) is 0. The van der Waals surface area contributed by atoms with Crippen molar-refractivity contribution >= 4 is 94.1 Å². The molecule has 0 spiro atoms. The summed E-state index contributed by atoms with van der Waals surface area (Å²) < 4.78 is 9.02. The van der Waals surface area contributed by atoms with Crippen LogP contribution in [0.5, 0.6) is 0 Å². The van der Waals surface area contributed by atoms with E-state index in [4.69, 9.17) is 0 Å². The van der Waals surface area contributed by atoms with Gasteiger partial charge in [0.15, 0.2) is 0 Å². The van der Waals surface area contributed by atoms with Crippen LogP contribution in [0.2, 0.25) is 0 Å². The minimum Gasteiger partial charge on any atom is -0.112 e. The summed E-state index contributed by atoms with van der Waals surface area (Å²) in [5.41, 5.74) is 5.98. The van der Waals surface area contributed by atoms with E-state index in [0.717, 1.165) is 23.0 Å². The maximum Gasteiger partial charge on any atom is 0.0717 e. The molecule has 0 unspecified atom stereocenters. The minimum atomic E-state index is 1.09. The molecule has 4 heterocycles. The zero-order valence-electron chi connectivity index (χ0n) is 15.7. The molecule has 152 valence electrons. The molecule has 0 fully saturated rings. The van der Waals surface area contributed by atoms with Gasteiger partial charge in [-0.2, -0.15) is 0 Å². The van der Waals surface area contributed by atoms with Gasteiger partial charge in [-0.25, -0.2) is 0 Å². The van der Waals surface area contributed by atoms with Gasteiger partial charge in [0.25, 0.3) is 0 Å². The third-order valence-electron chi connectivity index (χ3n) is 4.91. The van der Waals surface area contributed by atoms with E-state index < -0.39 is 0 Å². The maximum atomic E-state index is 2.29. The van der Waals surface area contributed by atoms with Crippen LogP contribution in [0.4, 0.5) is 0 Å². The van der Waals surface area contributed by atoms with Crippen LogP contribution in [0.15, 0.2) is 74.0 Å². The van der Waals surface area contributed by atoms with Gasteiger partial charge in [0.2, 0.25) is 0 Å². The van der Waals surface area contributed by atoms with Crippen LogP contribution < -0.4 is 0 Å². The second kappa shape index (κ2) is 9.37. The molecule has 0 amide bonds. The summed E-state index contributed by atoms with van der Waals surface area (Å²) in [5.74, 6) is 4.35. The third kappa shape index (κ3) is 4.32. The van der Waals surface area contributed by atoms with Crippen molar-refractivity contribution in [3.63, 3.8) is 0 Å². The van der Waals surface area contributed by atoms with Crippen molar-refractivity contribution in [2.24, 2.45) is 0 Å². The molecule has 30 heavy (non-hydrogen) atoms. The van der Waals surface area contributed by atoms with E-state index in [1.807, 2.05) is 94.1 Å². The highest BCUT2D eigenvalue weighted by molar-refractivity contribution is 8.44. The van der Waals surface area contributed by atoms with Crippen LogP contribution in [0.25, 0.3) is 0 Å². The predicted octanol–water partition coefficient (Wildman–Crippen LogP) is 9.69. The molecular formula is C22H16S8. The van der Waals surface area contributed by atoms with Crippen LogP contribution in [0, 0.1) is 0 Å². The van der Waals surface area contributed by atoms with Gasteiger partial charge < -0.3 is 0 Å². The van der Waals surface area contributed by atoms with Crippen LogP contribution in [-0.4, -0.2) is 0 Å². The first-order valence-electron chi connectivity index (χ1n) is 9.42. The van der Waals surface area contributed by atoms with E-state index in [1.54, 1.807) is 0 Å². The summed E-state index contributed by atoms with van der Waals surface area (Å²) in [6.07, 6.45) is 0. The van der Waals surface area contributed by atoms with Gasteiger partial charge in [-0.05, 0) is 22.3 Å². The van der Waals surface area contributed by atoms with Crippen LogP contribution in [0.1, 0.15) is 22.3 Å². The lowest BCUT2D eigenvalue weighted by atomic mass is 10.1. The fraction of sp³-hybridized carbons (Fsp3) is 0.182. The number of hydrogen-bond acceptors (Lipinski definition) is 8. The maximum absolute atomic E-state index is 2.29. The molecule has 0 nitrogen and oxygen atoms in total. The van der Waals surface area contributed by atoms with E-state index in [2.05, 4.69) is 48.5 Å². The Hall–Kier alpha value is 0.460. The lowest BCUT2D eigenvalue weighted by Gasteiger charge is -2.13. The topological polar surface area (TPSA) is 0 Å². The van der Waals surface area contributed by atoms with Crippen molar-refractivity contribution < 1.29 is 0 Å². The quantitative estimate of drug-likeness (QED) is 0.322. The highest BCUT2D eigenvalue weighted by Crippen LogP contribution is 2.67. The van der Waals surface area contributed by atoms with Gasteiger partial charge in [0.05, 0.1) is 25.4 Å². The monoisotopic (exact) mass is 536 g/mol. The Balaban J connectivity index is 1.18. The summed E-state index contributed by atoms with van der Waals surface area (Å²) >= 11 is 16.1. The zero-order valence-corrected chi connectivity index (χ0v) is 22.2. The molecule has 0 saturated carbocycles. The van der Waals surface area contributed by atoms with Crippen molar-refractivity contribution in [1.29, 1.82) is 0 Å². The standard InChI is InChI=1S/C22H16S8/c1-2-6-14-10-24-18-17(23-9-13(14)5-1)27-21(28-18)22-29-19-20(30-22)26-12-16-8-4-3-7-15(16)11-25-19/h1-8H,9-12H2. The molecule has 6 rings (SSSR count). The van der Waals surface area contributed by atoms with Gasteiger partial charge in [-0.15, -0.1) is 47.0 Å². The van der Waals surface area contributed by atoms with Crippen molar-refractivity contribution in [3.8, 4) is 0 Å². The predicted molar refractivity (Wildman–Crippen MR) is 150 cm³/mol. The number of thioether (sulfide) groups is 8. The van der Waals surface area contributed by atoms with Crippen LogP contribution in [-0.2, 0) is 23.0 Å². The van der Waals surface area contributed by atoms with Crippen molar-refractivity contribution in [2.45, 2.75) is 23.0 Å². The molecule has 0 aromatic heterocycles. The molecule has 8 heteroatoms. The average molecular weight is 537 g/mol. The molecule has 0 bridgehead atoms. The number of benzene rings is 2. The fourth-order valence-corrected chi connectivity index (χ4v) is 15.4. The number of rotatable bonds is 0. The first-order chi connectivity index (χ1) is 14.8. The Morgan fingerprint density at radius 3 is 0.900 bits per heavy atom. The lowest BCUT2D eigenvalue weighted by molar-refractivity contribution is 1.28. The van der Waals surface area contributed by atoms with Crippen molar-refractivity contribution in [3.05, 3.63) is 96.2 Å². The van der Waals surface area contributed by atoms with Crippen LogP contribution >= 0.6 is 94.1 Å². The second-order valence-electron chi connectivity index (χ2n) is 6.83. The van der Waals surface area contributed by atoms with E-state index in [-0.39, 0.29) is 0 Å². The number of hydrogen-bond donors (Lipinski definition) is 0. The van der Waals surface area contributed by atoms with Crippen molar-refractivity contribution in [1.82, 2.24) is 0 Å². The highest BCUT2D eigenvalue weighted by atomic mass is 32.3. The van der Waals surface area contributed by atoms with E-state index >= 15 is 0 Å². The van der Waals surface area contributed by atoms with Gasteiger partial charge >= 0.3 is 0 Å². The first kappa shape index (κ1) is 21.0. The summed E-state index contributed by atoms with van der Waals surface area (Å²) in [7, 11) is 0. The Morgan fingerprint density at radius 2 is 0.633 bits per heavy atom. The average Bonchev–Trinajstić information content (AvgIpc) is 3.34. The smallest absolute Gasteiger partial charge is 0.0717 e. The minimum absolute atomic E-state index is 1.09. The van der Waals surface area contributed by atoms with Crippen LogP contribution in [0.3, 0.4) is 0 Å². The molecule has 2 aromatic carbocycles. The lowest BCUT2D eigenvalue weighted by Crippen LogP contribution is -1.92. The molecule has 0 atom stereocenters. The largest absolute Gasteiger partial charge is 0.112 e. The Morgan fingerprint density at radius 1 is 0.367 bits per heavy atom. The molecule has 4 aliphatic rings. The highest BCUT2D eigenvalue weighted by Gasteiger charge is 2.32. The van der Waals surface area contributed by atoms with E-state index in [1.165, 1.54) is 47.7 Å². The van der Waals surface area contributed by atoms with E-state index in [0.29, 0.717) is 0 Å². The molecule has 0 radical (unpaired) electrons. The second-order valence-corrected chi connectivity index (χ2v) is 16.4. The van der Waals surface area contributed by atoms with Gasteiger partial charge in [-0.3, -0.25) is 0 Å². The zero-order chi connectivity index (χ0) is 19.9. The summed E-state index contributed by atoms with van der Waals surface area (Å²) in [6, 6.07) is 17.9. The first-order valence-corrected chi connectivity index (χ1v) is 16.6. The molecular weight excluding hydrogens is 521 g/mol. The molecule has 2 aromatic rings. The SMILES string of the molecule is c1ccc2c(c1)CSC1=C(SC2)SC(=C2SC3=C(SCc4ccccc4CS3)S2)S1. The molecule has 4 aliphatic heterocycles. The molecule has 0 aliphatic carbocycles.